The molecule has 0 saturated carbocycles. The fourth-order valence-electron chi connectivity index (χ4n) is 1.53. The van der Waals surface area contributed by atoms with Crippen molar-refractivity contribution in [3.05, 3.63) is 0 Å². The SMILES string of the molecule is CC(C)[C@H](N)C(=O)N1CCOC(CO)C1.Cl. The number of aliphatic hydroxyl groups excluding tert-OH is 1. The van der Waals surface area contributed by atoms with Gasteiger partial charge in [-0.3, -0.25) is 4.79 Å². The lowest BCUT2D eigenvalue weighted by molar-refractivity contribution is -0.142. The molecule has 0 radical (unpaired) electrons. The molecule has 5 nitrogen and oxygen atoms in total. The molecule has 96 valence electrons. The number of amides is 1. The monoisotopic (exact) mass is 252 g/mol. The van der Waals surface area contributed by atoms with Gasteiger partial charge in [0.15, 0.2) is 0 Å². The summed E-state index contributed by atoms with van der Waals surface area (Å²) in [5, 5.41) is 8.94. The highest BCUT2D eigenvalue weighted by Gasteiger charge is 2.28. The summed E-state index contributed by atoms with van der Waals surface area (Å²) in [5.74, 6) is 0.0830. The Balaban J connectivity index is 0.00000225. The normalized spacial score (nSPS) is 22.8. The number of halogens is 1. The van der Waals surface area contributed by atoms with Crippen molar-refractivity contribution in [1.29, 1.82) is 0 Å². The van der Waals surface area contributed by atoms with Crippen LogP contribution in [0.25, 0.3) is 0 Å². The average Bonchev–Trinajstić information content (AvgIpc) is 2.27. The van der Waals surface area contributed by atoms with E-state index in [2.05, 4.69) is 0 Å². The summed E-state index contributed by atoms with van der Waals surface area (Å²) in [6.45, 7) is 5.27. The Hall–Kier alpha value is -0.360. The van der Waals surface area contributed by atoms with E-state index in [9.17, 15) is 4.79 Å². The van der Waals surface area contributed by atoms with Crippen molar-refractivity contribution in [2.75, 3.05) is 26.3 Å². The highest BCUT2D eigenvalue weighted by Crippen LogP contribution is 2.09. The largest absolute Gasteiger partial charge is 0.394 e. The van der Waals surface area contributed by atoms with Crippen LogP contribution in [0.15, 0.2) is 0 Å². The molecule has 1 aliphatic heterocycles. The van der Waals surface area contributed by atoms with E-state index in [4.69, 9.17) is 15.6 Å². The van der Waals surface area contributed by atoms with Gasteiger partial charge >= 0.3 is 0 Å². The Labute approximate surface area is 102 Å². The van der Waals surface area contributed by atoms with E-state index in [1.807, 2.05) is 13.8 Å². The number of nitrogens with two attached hydrogens (primary N) is 1. The molecule has 0 aliphatic carbocycles. The number of aliphatic hydroxyl groups is 1. The number of hydrogen-bond donors (Lipinski definition) is 2. The Bertz CT molecular complexity index is 226. The van der Waals surface area contributed by atoms with Gasteiger partial charge in [-0.2, -0.15) is 0 Å². The molecule has 0 spiro atoms. The molecule has 1 unspecified atom stereocenters. The van der Waals surface area contributed by atoms with Gasteiger partial charge in [-0.25, -0.2) is 0 Å². The second-order valence-electron chi connectivity index (χ2n) is 4.23. The van der Waals surface area contributed by atoms with Gasteiger partial charge < -0.3 is 20.5 Å². The van der Waals surface area contributed by atoms with Crippen molar-refractivity contribution in [3.8, 4) is 0 Å². The summed E-state index contributed by atoms with van der Waals surface area (Å²) < 4.78 is 5.26. The zero-order valence-electron chi connectivity index (χ0n) is 9.76. The van der Waals surface area contributed by atoms with Crippen molar-refractivity contribution in [3.63, 3.8) is 0 Å². The second kappa shape index (κ2) is 7.06. The van der Waals surface area contributed by atoms with Crippen molar-refractivity contribution in [1.82, 2.24) is 4.90 Å². The van der Waals surface area contributed by atoms with Crippen LogP contribution in [0, 0.1) is 5.92 Å². The average molecular weight is 253 g/mol. The second-order valence-corrected chi connectivity index (χ2v) is 4.23. The maximum absolute atomic E-state index is 11.9. The Morgan fingerprint density at radius 2 is 2.25 bits per heavy atom. The molecule has 0 aromatic carbocycles. The standard InChI is InChI=1S/C10H20N2O3.ClH/c1-7(2)9(11)10(14)12-3-4-15-8(5-12)6-13;/h7-9,13H,3-6,11H2,1-2H3;1H/t8?,9-;/m0./s1. The van der Waals surface area contributed by atoms with E-state index in [1.165, 1.54) is 0 Å². The maximum atomic E-state index is 11.9. The van der Waals surface area contributed by atoms with E-state index >= 15 is 0 Å². The van der Waals surface area contributed by atoms with Crippen LogP contribution in [0.1, 0.15) is 13.8 Å². The minimum absolute atomic E-state index is 0. The van der Waals surface area contributed by atoms with Gasteiger partial charge in [0.25, 0.3) is 0 Å². The third-order valence-electron chi connectivity index (χ3n) is 2.66. The van der Waals surface area contributed by atoms with Gasteiger partial charge in [0.05, 0.1) is 25.4 Å². The molecule has 3 N–H and O–H groups in total. The zero-order valence-corrected chi connectivity index (χ0v) is 10.6. The highest BCUT2D eigenvalue weighted by molar-refractivity contribution is 5.85. The molecule has 2 atom stereocenters. The van der Waals surface area contributed by atoms with Crippen molar-refractivity contribution in [2.24, 2.45) is 11.7 Å². The summed E-state index contributed by atoms with van der Waals surface area (Å²) >= 11 is 0. The molecule has 1 saturated heterocycles. The highest BCUT2D eigenvalue weighted by atomic mass is 35.5. The van der Waals surface area contributed by atoms with Crippen LogP contribution in [-0.2, 0) is 9.53 Å². The number of nitrogens with zero attached hydrogens (tertiary/aromatic N) is 1. The van der Waals surface area contributed by atoms with Crippen molar-refractivity contribution >= 4 is 18.3 Å². The lowest BCUT2D eigenvalue weighted by Crippen LogP contribution is -2.53. The number of rotatable bonds is 3. The summed E-state index contributed by atoms with van der Waals surface area (Å²) in [4.78, 5) is 13.5. The van der Waals surface area contributed by atoms with E-state index in [0.29, 0.717) is 19.7 Å². The first kappa shape index (κ1) is 15.6. The van der Waals surface area contributed by atoms with Gasteiger partial charge in [0, 0.05) is 13.1 Å². The number of carbonyl (C=O) groups is 1. The number of ether oxygens (including phenoxy) is 1. The van der Waals surface area contributed by atoms with Crippen LogP contribution < -0.4 is 5.73 Å². The van der Waals surface area contributed by atoms with Gasteiger partial charge in [0.2, 0.25) is 5.91 Å². The first-order valence-corrected chi connectivity index (χ1v) is 5.33. The molecule has 1 amide bonds. The predicted octanol–water partition coefficient (Wildman–Crippen LogP) is -0.389. The Kier molecular flexibility index (Phi) is 6.90. The molecule has 1 fully saturated rings. The first-order chi connectivity index (χ1) is 7.06. The van der Waals surface area contributed by atoms with E-state index in [1.54, 1.807) is 4.90 Å². The smallest absolute Gasteiger partial charge is 0.239 e. The fourth-order valence-corrected chi connectivity index (χ4v) is 1.53. The Morgan fingerprint density at radius 1 is 1.62 bits per heavy atom. The molecule has 0 bridgehead atoms. The van der Waals surface area contributed by atoms with Gasteiger partial charge in [-0.1, -0.05) is 13.8 Å². The number of morpholine rings is 1. The molecule has 0 aromatic heterocycles. The van der Waals surface area contributed by atoms with Crippen LogP contribution in [0.3, 0.4) is 0 Å². The molecule has 16 heavy (non-hydrogen) atoms. The maximum Gasteiger partial charge on any atom is 0.239 e. The minimum Gasteiger partial charge on any atom is -0.394 e. The first-order valence-electron chi connectivity index (χ1n) is 5.33. The Morgan fingerprint density at radius 3 is 2.75 bits per heavy atom. The third-order valence-corrected chi connectivity index (χ3v) is 2.66. The van der Waals surface area contributed by atoms with E-state index < -0.39 is 6.04 Å². The molecule has 1 rings (SSSR count). The molecule has 6 heteroatoms. The number of carbonyl (C=O) groups excluding carboxylic acids is 1. The van der Waals surface area contributed by atoms with Crippen LogP contribution in [0.4, 0.5) is 0 Å². The van der Waals surface area contributed by atoms with E-state index in [0.717, 1.165) is 0 Å². The summed E-state index contributed by atoms with van der Waals surface area (Å²) in [5.41, 5.74) is 5.78. The molecule has 0 aromatic rings. The number of hydrogen-bond acceptors (Lipinski definition) is 4. The van der Waals surface area contributed by atoms with Crippen LogP contribution in [0.2, 0.25) is 0 Å². The molecule has 1 aliphatic rings. The lowest BCUT2D eigenvalue weighted by atomic mass is 10.0. The summed E-state index contributed by atoms with van der Waals surface area (Å²) in [6.07, 6.45) is -0.262. The van der Waals surface area contributed by atoms with Crippen molar-refractivity contribution in [2.45, 2.75) is 26.0 Å². The van der Waals surface area contributed by atoms with Crippen LogP contribution in [-0.4, -0.2) is 54.4 Å². The lowest BCUT2D eigenvalue weighted by Gasteiger charge is -2.34. The molecule has 1 heterocycles. The van der Waals surface area contributed by atoms with E-state index in [-0.39, 0.29) is 36.9 Å². The fraction of sp³-hybridized carbons (Fsp3) is 0.900. The van der Waals surface area contributed by atoms with Crippen molar-refractivity contribution < 1.29 is 14.6 Å². The van der Waals surface area contributed by atoms with Gasteiger partial charge in [-0.15, -0.1) is 12.4 Å². The van der Waals surface area contributed by atoms with Gasteiger partial charge in [0.1, 0.15) is 0 Å². The topological polar surface area (TPSA) is 75.8 Å². The predicted molar refractivity (Wildman–Crippen MR) is 63.5 cm³/mol. The summed E-state index contributed by atoms with van der Waals surface area (Å²) in [6, 6.07) is -0.456. The van der Waals surface area contributed by atoms with Crippen LogP contribution >= 0.6 is 12.4 Å². The quantitative estimate of drug-likeness (QED) is 0.718. The molecular formula is C10H21ClN2O3. The minimum atomic E-state index is -0.456. The zero-order chi connectivity index (χ0) is 11.4. The van der Waals surface area contributed by atoms with Crippen LogP contribution in [0.5, 0.6) is 0 Å². The summed E-state index contributed by atoms with van der Waals surface area (Å²) in [7, 11) is 0. The molecular weight excluding hydrogens is 232 g/mol. The third kappa shape index (κ3) is 3.90. The van der Waals surface area contributed by atoms with Gasteiger partial charge in [-0.05, 0) is 5.92 Å².